The molecule has 0 aliphatic heterocycles. The van der Waals surface area contributed by atoms with Gasteiger partial charge in [-0.3, -0.25) is 9.69 Å². The summed E-state index contributed by atoms with van der Waals surface area (Å²) in [5, 5.41) is 8.88. The van der Waals surface area contributed by atoms with Crippen molar-refractivity contribution in [2.45, 2.75) is 32.9 Å². The molecule has 1 aromatic rings. The Morgan fingerprint density at radius 2 is 1.94 bits per heavy atom. The zero-order chi connectivity index (χ0) is 13.5. The third-order valence-corrected chi connectivity index (χ3v) is 2.96. The monoisotopic (exact) mass is 250 g/mol. The molecule has 1 rings (SSSR count). The van der Waals surface area contributed by atoms with Crippen molar-refractivity contribution < 1.29 is 9.90 Å². The summed E-state index contributed by atoms with van der Waals surface area (Å²) in [5.41, 5.74) is 6.88. The van der Waals surface area contributed by atoms with Crippen LogP contribution in [0.4, 0.5) is 0 Å². The van der Waals surface area contributed by atoms with Gasteiger partial charge in [0.05, 0.1) is 0 Å². The van der Waals surface area contributed by atoms with Crippen LogP contribution < -0.4 is 5.73 Å². The first-order valence-corrected chi connectivity index (χ1v) is 6.28. The van der Waals surface area contributed by atoms with E-state index in [1.54, 1.807) is 12.1 Å². The van der Waals surface area contributed by atoms with E-state index in [0.29, 0.717) is 11.6 Å². The Morgan fingerprint density at radius 3 is 2.39 bits per heavy atom. The second kappa shape index (κ2) is 7.13. The number of carbonyl (C=O) groups is 1. The number of nitrogens with zero attached hydrogens (tertiary/aromatic N) is 1. The lowest BCUT2D eigenvalue weighted by molar-refractivity contribution is 0.1000. The molecule has 0 aromatic heterocycles. The van der Waals surface area contributed by atoms with Gasteiger partial charge in [0.25, 0.3) is 0 Å². The Kier molecular flexibility index (Phi) is 5.82. The Hall–Kier alpha value is -1.39. The molecule has 0 aliphatic rings. The number of benzene rings is 1. The van der Waals surface area contributed by atoms with E-state index >= 15 is 0 Å². The van der Waals surface area contributed by atoms with Gasteiger partial charge in [-0.15, -0.1) is 0 Å². The number of aliphatic hydroxyl groups excluding tert-OH is 1. The normalized spacial score (nSPS) is 11.2. The minimum atomic E-state index is -0.400. The van der Waals surface area contributed by atoms with Crippen molar-refractivity contribution in [2.24, 2.45) is 5.73 Å². The van der Waals surface area contributed by atoms with E-state index in [-0.39, 0.29) is 6.61 Å². The number of nitrogens with two attached hydrogens (primary N) is 1. The molecule has 0 saturated heterocycles. The molecular weight excluding hydrogens is 228 g/mol. The summed E-state index contributed by atoms with van der Waals surface area (Å²) in [6, 6.07) is 7.78. The van der Waals surface area contributed by atoms with E-state index in [4.69, 9.17) is 10.8 Å². The molecule has 0 spiro atoms. The number of hydrogen-bond donors (Lipinski definition) is 2. The molecular formula is C14H22N2O2. The van der Waals surface area contributed by atoms with Crippen molar-refractivity contribution >= 4 is 5.91 Å². The van der Waals surface area contributed by atoms with E-state index in [2.05, 4.69) is 18.7 Å². The highest BCUT2D eigenvalue weighted by molar-refractivity contribution is 5.92. The quantitative estimate of drug-likeness (QED) is 0.768. The van der Waals surface area contributed by atoms with Gasteiger partial charge in [-0.1, -0.05) is 12.1 Å². The van der Waals surface area contributed by atoms with E-state index in [1.165, 1.54) is 0 Å². The van der Waals surface area contributed by atoms with Crippen molar-refractivity contribution in [3.8, 4) is 0 Å². The Morgan fingerprint density at radius 1 is 1.33 bits per heavy atom. The molecule has 0 heterocycles. The lowest BCUT2D eigenvalue weighted by Gasteiger charge is -2.26. The summed E-state index contributed by atoms with van der Waals surface area (Å²) in [7, 11) is 0. The molecule has 3 N–H and O–H groups in total. The molecule has 4 heteroatoms. The second-order valence-corrected chi connectivity index (χ2v) is 4.70. The van der Waals surface area contributed by atoms with E-state index in [1.807, 2.05) is 12.1 Å². The largest absolute Gasteiger partial charge is 0.396 e. The third kappa shape index (κ3) is 4.47. The van der Waals surface area contributed by atoms with Crippen LogP contribution in [0, 0.1) is 0 Å². The number of rotatable bonds is 7. The molecule has 0 saturated carbocycles. The van der Waals surface area contributed by atoms with Crippen LogP contribution in [0.3, 0.4) is 0 Å². The van der Waals surface area contributed by atoms with Crippen LogP contribution in [0.25, 0.3) is 0 Å². The van der Waals surface area contributed by atoms with E-state index in [0.717, 1.165) is 25.1 Å². The summed E-state index contributed by atoms with van der Waals surface area (Å²) >= 11 is 0. The van der Waals surface area contributed by atoms with Crippen molar-refractivity contribution in [3.63, 3.8) is 0 Å². The average Bonchev–Trinajstić information content (AvgIpc) is 2.34. The van der Waals surface area contributed by atoms with Crippen LogP contribution in [0.1, 0.15) is 36.2 Å². The smallest absolute Gasteiger partial charge is 0.248 e. The maximum absolute atomic E-state index is 11.0. The highest BCUT2D eigenvalue weighted by Crippen LogP contribution is 2.10. The number of amides is 1. The molecule has 0 bridgehead atoms. The van der Waals surface area contributed by atoms with Crippen molar-refractivity contribution in [1.82, 2.24) is 4.90 Å². The number of aliphatic hydroxyl groups is 1. The van der Waals surface area contributed by atoms with Gasteiger partial charge in [-0.2, -0.15) is 0 Å². The number of primary amides is 1. The minimum absolute atomic E-state index is 0.212. The molecule has 100 valence electrons. The molecule has 1 aromatic carbocycles. The first-order valence-electron chi connectivity index (χ1n) is 6.28. The molecule has 0 aliphatic carbocycles. The van der Waals surface area contributed by atoms with Gasteiger partial charge in [0.15, 0.2) is 0 Å². The molecule has 0 fully saturated rings. The SMILES string of the molecule is CC(C)N(CCCO)Cc1ccc(C(N)=O)cc1. The first kappa shape index (κ1) is 14.7. The van der Waals surface area contributed by atoms with Crippen LogP contribution >= 0.6 is 0 Å². The van der Waals surface area contributed by atoms with Gasteiger partial charge in [-0.05, 0) is 38.0 Å². The highest BCUT2D eigenvalue weighted by Gasteiger charge is 2.10. The van der Waals surface area contributed by atoms with Crippen molar-refractivity contribution in [2.75, 3.05) is 13.2 Å². The highest BCUT2D eigenvalue weighted by atomic mass is 16.3. The molecule has 4 nitrogen and oxygen atoms in total. The standard InChI is InChI=1S/C14H22N2O2/c1-11(2)16(8-3-9-17)10-12-4-6-13(7-5-12)14(15)18/h4-7,11,17H,3,8-10H2,1-2H3,(H2,15,18). The van der Waals surface area contributed by atoms with Crippen molar-refractivity contribution in [3.05, 3.63) is 35.4 Å². The third-order valence-electron chi connectivity index (χ3n) is 2.96. The molecule has 1 amide bonds. The maximum Gasteiger partial charge on any atom is 0.248 e. The fraction of sp³-hybridized carbons (Fsp3) is 0.500. The molecule has 0 radical (unpaired) electrons. The zero-order valence-corrected chi connectivity index (χ0v) is 11.1. The second-order valence-electron chi connectivity index (χ2n) is 4.70. The van der Waals surface area contributed by atoms with Crippen LogP contribution in [-0.2, 0) is 6.54 Å². The van der Waals surface area contributed by atoms with Gasteiger partial charge in [0.1, 0.15) is 0 Å². The Bertz CT molecular complexity index is 374. The van der Waals surface area contributed by atoms with E-state index < -0.39 is 5.91 Å². The predicted molar refractivity (Wildman–Crippen MR) is 72.2 cm³/mol. The Labute approximate surface area is 108 Å². The van der Waals surface area contributed by atoms with Gasteiger partial charge in [0.2, 0.25) is 5.91 Å². The molecule has 18 heavy (non-hydrogen) atoms. The van der Waals surface area contributed by atoms with Crippen molar-refractivity contribution in [1.29, 1.82) is 0 Å². The fourth-order valence-corrected chi connectivity index (χ4v) is 1.80. The topological polar surface area (TPSA) is 66.6 Å². The molecule has 0 atom stereocenters. The van der Waals surface area contributed by atoms with E-state index in [9.17, 15) is 4.79 Å². The van der Waals surface area contributed by atoms with Crippen LogP contribution in [0.2, 0.25) is 0 Å². The average molecular weight is 250 g/mol. The number of carbonyl (C=O) groups excluding carboxylic acids is 1. The number of hydrogen-bond acceptors (Lipinski definition) is 3. The first-order chi connectivity index (χ1) is 8.54. The summed E-state index contributed by atoms with van der Waals surface area (Å²) in [6.45, 7) is 6.16. The van der Waals surface area contributed by atoms with Crippen LogP contribution in [0.5, 0.6) is 0 Å². The predicted octanol–water partition coefficient (Wildman–Crippen LogP) is 1.38. The van der Waals surface area contributed by atoms with Gasteiger partial charge >= 0.3 is 0 Å². The Balaban J connectivity index is 2.65. The lowest BCUT2D eigenvalue weighted by Crippen LogP contribution is -2.31. The molecule has 0 unspecified atom stereocenters. The van der Waals surface area contributed by atoms with Gasteiger partial charge in [-0.25, -0.2) is 0 Å². The summed E-state index contributed by atoms with van der Waals surface area (Å²) in [4.78, 5) is 13.3. The van der Waals surface area contributed by atoms with Gasteiger partial charge in [0, 0.05) is 31.3 Å². The fourth-order valence-electron chi connectivity index (χ4n) is 1.80. The summed E-state index contributed by atoms with van der Waals surface area (Å²) in [6.07, 6.45) is 0.775. The van der Waals surface area contributed by atoms with Crippen LogP contribution in [-0.4, -0.2) is 35.1 Å². The zero-order valence-electron chi connectivity index (χ0n) is 11.1. The van der Waals surface area contributed by atoms with Crippen LogP contribution in [0.15, 0.2) is 24.3 Å². The summed E-state index contributed by atoms with van der Waals surface area (Å²) in [5.74, 6) is -0.400. The maximum atomic E-state index is 11.0. The lowest BCUT2D eigenvalue weighted by atomic mass is 10.1. The van der Waals surface area contributed by atoms with Gasteiger partial charge < -0.3 is 10.8 Å². The minimum Gasteiger partial charge on any atom is -0.396 e. The summed E-state index contributed by atoms with van der Waals surface area (Å²) < 4.78 is 0.